The van der Waals surface area contributed by atoms with Gasteiger partial charge in [0.25, 0.3) is 5.91 Å². The maximum Gasteiger partial charge on any atom is 0.271 e. The minimum absolute atomic E-state index is 0.00602. The summed E-state index contributed by atoms with van der Waals surface area (Å²) in [6, 6.07) is 5.77. The number of nitrogens with one attached hydrogen (secondary N) is 3. The van der Waals surface area contributed by atoms with Crippen molar-refractivity contribution in [2.75, 3.05) is 13.1 Å². The molecule has 1 aromatic heterocycles. The van der Waals surface area contributed by atoms with Gasteiger partial charge in [0.05, 0.1) is 16.6 Å². The first-order valence-electron chi connectivity index (χ1n) is 11.8. The Kier molecular flexibility index (Phi) is 5.67. The van der Waals surface area contributed by atoms with E-state index in [0.717, 1.165) is 11.8 Å². The van der Waals surface area contributed by atoms with Gasteiger partial charge >= 0.3 is 0 Å². The number of fused-ring (bicyclic) bond motifs is 2. The van der Waals surface area contributed by atoms with Crippen molar-refractivity contribution in [3.63, 3.8) is 0 Å². The minimum atomic E-state index is -0.771. The molecule has 34 heavy (non-hydrogen) atoms. The molecule has 3 heterocycles. The number of hydrogen-bond donors (Lipinski definition) is 3. The van der Waals surface area contributed by atoms with E-state index in [1.54, 1.807) is 17.0 Å². The molecule has 1 aromatic carbocycles. The minimum Gasteiger partial charge on any atom is -0.356 e. The first-order chi connectivity index (χ1) is 16.2. The van der Waals surface area contributed by atoms with Gasteiger partial charge < -0.3 is 25.3 Å². The van der Waals surface area contributed by atoms with Crippen molar-refractivity contribution in [1.29, 1.82) is 0 Å². The Morgan fingerprint density at radius 1 is 1.35 bits per heavy atom. The number of aromatic amines is 1. The molecule has 180 valence electrons. The highest BCUT2D eigenvalue weighted by molar-refractivity contribution is 6.35. The Labute approximate surface area is 202 Å². The Bertz CT molecular complexity index is 1170. The Balaban J connectivity index is 1.39. The van der Waals surface area contributed by atoms with Crippen LogP contribution in [0.15, 0.2) is 24.3 Å². The summed E-state index contributed by atoms with van der Waals surface area (Å²) < 4.78 is 0. The van der Waals surface area contributed by atoms with Crippen molar-refractivity contribution in [1.82, 2.24) is 20.5 Å². The van der Waals surface area contributed by atoms with Crippen molar-refractivity contribution in [3.8, 4) is 0 Å². The largest absolute Gasteiger partial charge is 0.356 e. The number of halogens is 1. The fraction of sp³-hybridized carbons (Fsp3) is 0.520. The zero-order chi connectivity index (χ0) is 24.2. The number of hydrogen-bond acceptors (Lipinski definition) is 4. The summed E-state index contributed by atoms with van der Waals surface area (Å²) in [6.07, 6.45) is 2.53. The van der Waals surface area contributed by atoms with E-state index in [9.17, 15) is 19.2 Å². The second-order valence-corrected chi connectivity index (χ2v) is 10.9. The van der Waals surface area contributed by atoms with Gasteiger partial charge in [-0.1, -0.05) is 37.6 Å². The van der Waals surface area contributed by atoms with E-state index in [-0.39, 0.29) is 47.3 Å². The average molecular weight is 485 g/mol. The summed E-state index contributed by atoms with van der Waals surface area (Å²) in [4.78, 5) is 55.6. The van der Waals surface area contributed by atoms with E-state index in [2.05, 4.69) is 29.5 Å². The molecular formula is C25H29ClN4O4. The summed E-state index contributed by atoms with van der Waals surface area (Å²) in [7, 11) is 0. The third kappa shape index (κ3) is 3.78. The molecule has 5 rings (SSSR count). The molecule has 0 bridgehead atoms. The van der Waals surface area contributed by atoms with Crippen LogP contribution in [0.25, 0.3) is 10.9 Å². The molecule has 3 amide bonds. The van der Waals surface area contributed by atoms with Gasteiger partial charge in [-0.25, -0.2) is 0 Å². The molecule has 2 aromatic rings. The molecule has 2 saturated heterocycles. The summed E-state index contributed by atoms with van der Waals surface area (Å²) >= 11 is 6.28. The van der Waals surface area contributed by atoms with Gasteiger partial charge in [0.2, 0.25) is 11.8 Å². The van der Waals surface area contributed by atoms with Gasteiger partial charge in [-0.2, -0.15) is 0 Å². The molecule has 1 aliphatic carbocycles. The van der Waals surface area contributed by atoms with Crippen molar-refractivity contribution in [2.45, 2.75) is 45.2 Å². The Hall–Kier alpha value is -2.87. The van der Waals surface area contributed by atoms with Crippen LogP contribution in [-0.4, -0.2) is 59.1 Å². The van der Waals surface area contributed by atoms with Crippen LogP contribution in [0.4, 0.5) is 0 Å². The standard InChI is InChI=1S/C25H29ClN4O4/c1-25(2)10-15-11-30(24(34)18-9-13-4-3-5-17(26)20(13)29-18)21(19(15)25)23(33)28-16(12-31)8-14-6-7-27-22(14)32/h3-5,9,12,14-16,19,21,29H,6-8,10-11H2,1-2H3,(H,27,32)(H,28,33)/t14-,15-,16-,19-,21-/m0/s1. The highest BCUT2D eigenvalue weighted by atomic mass is 35.5. The van der Waals surface area contributed by atoms with Crippen LogP contribution in [0.2, 0.25) is 5.02 Å². The van der Waals surface area contributed by atoms with Crippen molar-refractivity contribution >= 4 is 46.5 Å². The molecule has 2 aliphatic heterocycles. The van der Waals surface area contributed by atoms with Crippen molar-refractivity contribution < 1.29 is 19.2 Å². The molecule has 9 heteroatoms. The number of aromatic nitrogens is 1. The lowest BCUT2D eigenvalue weighted by molar-refractivity contribution is -0.132. The molecule has 0 radical (unpaired) electrons. The van der Waals surface area contributed by atoms with E-state index < -0.39 is 12.1 Å². The molecule has 0 spiro atoms. The number of nitrogens with zero attached hydrogens (tertiary/aromatic N) is 1. The van der Waals surface area contributed by atoms with Crippen LogP contribution in [-0.2, 0) is 14.4 Å². The number of rotatable bonds is 6. The summed E-state index contributed by atoms with van der Waals surface area (Å²) in [5, 5.41) is 6.96. The third-order valence-electron chi connectivity index (χ3n) is 7.86. The number of H-pyrrole nitrogens is 1. The highest BCUT2D eigenvalue weighted by Crippen LogP contribution is 2.57. The maximum absolute atomic E-state index is 13.6. The predicted octanol–water partition coefficient (Wildman–Crippen LogP) is 2.52. The van der Waals surface area contributed by atoms with E-state index in [1.165, 1.54) is 0 Å². The zero-order valence-corrected chi connectivity index (χ0v) is 20.0. The molecule has 3 N–H and O–H groups in total. The number of para-hydroxylation sites is 1. The summed E-state index contributed by atoms with van der Waals surface area (Å²) in [5.74, 6) is -0.726. The lowest BCUT2D eigenvalue weighted by Crippen LogP contribution is -2.56. The van der Waals surface area contributed by atoms with Crippen LogP contribution in [0.1, 0.15) is 43.6 Å². The molecule has 3 fully saturated rings. The van der Waals surface area contributed by atoms with Gasteiger partial charge in [0.15, 0.2) is 0 Å². The second kappa shape index (κ2) is 8.41. The van der Waals surface area contributed by atoms with Gasteiger partial charge in [0.1, 0.15) is 18.0 Å². The summed E-state index contributed by atoms with van der Waals surface area (Å²) in [5.41, 5.74) is 0.981. The number of carbonyl (C=O) groups is 4. The fourth-order valence-corrected chi connectivity index (χ4v) is 6.56. The van der Waals surface area contributed by atoms with E-state index in [1.807, 2.05) is 12.1 Å². The van der Waals surface area contributed by atoms with Crippen molar-refractivity contribution in [3.05, 3.63) is 35.0 Å². The average Bonchev–Trinajstić information content (AvgIpc) is 3.49. The Morgan fingerprint density at radius 3 is 2.79 bits per heavy atom. The number of likely N-dealkylation sites (tertiary alicyclic amines) is 1. The van der Waals surface area contributed by atoms with Gasteiger partial charge in [-0.05, 0) is 48.6 Å². The van der Waals surface area contributed by atoms with E-state index >= 15 is 0 Å². The molecule has 1 saturated carbocycles. The topological polar surface area (TPSA) is 111 Å². The Morgan fingerprint density at radius 2 is 2.15 bits per heavy atom. The zero-order valence-electron chi connectivity index (χ0n) is 19.3. The first kappa shape index (κ1) is 22.9. The highest BCUT2D eigenvalue weighted by Gasteiger charge is 2.60. The maximum atomic E-state index is 13.6. The van der Waals surface area contributed by atoms with Crippen LogP contribution >= 0.6 is 11.6 Å². The van der Waals surface area contributed by atoms with Gasteiger partial charge in [0, 0.05) is 24.4 Å². The third-order valence-corrected chi connectivity index (χ3v) is 8.18. The van der Waals surface area contributed by atoms with E-state index in [0.29, 0.717) is 42.0 Å². The number of carbonyl (C=O) groups excluding carboxylic acids is 4. The van der Waals surface area contributed by atoms with Crippen LogP contribution in [0, 0.1) is 23.2 Å². The first-order valence-corrected chi connectivity index (χ1v) is 12.2. The van der Waals surface area contributed by atoms with Crippen LogP contribution in [0.5, 0.6) is 0 Å². The molecule has 5 atom stereocenters. The van der Waals surface area contributed by atoms with E-state index in [4.69, 9.17) is 11.6 Å². The summed E-state index contributed by atoms with van der Waals surface area (Å²) in [6.45, 7) is 5.31. The van der Waals surface area contributed by atoms with Gasteiger partial charge in [-0.15, -0.1) is 0 Å². The molecule has 3 aliphatic rings. The number of benzene rings is 1. The molecule has 8 nitrogen and oxygen atoms in total. The smallest absolute Gasteiger partial charge is 0.271 e. The van der Waals surface area contributed by atoms with Crippen LogP contribution < -0.4 is 10.6 Å². The normalized spacial score (nSPS) is 28.2. The van der Waals surface area contributed by atoms with Crippen LogP contribution in [0.3, 0.4) is 0 Å². The number of amides is 3. The second-order valence-electron chi connectivity index (χ2n) is 10.5. The lowest BCUT2D eigenvalue weighted by atomic mass is 9.55. The SMILES string of the molecule is CC1(C)C[C@H]2CN(C(=O)c3cc4cccc(Cl)c4[nH]3)[C@H](C(=O)N[C@H](C=O)C[C@@H]3CCNC3=O)[C@H]21. The molecular weight excluding hydrogens is 456 g/mol. The monoisotopic (exact) mass is 484 g/mol. The van der Waals surface area contributed by atoms with Gasteiger partial charge in [-0.3, -0.25) is 14.4 Å². The quantitative estimate of drug-likeness (QED) is 0.547. The number of aldehydes is 1. The molecule has 0 unspecified atom stereocenters. The fourth-order valence-electron chi connectivity index (χ4n) is 6.34. The lowest BCUT2D eigenvalue weighted by Gasteiger charge is -2.49. The van der Waals surface area contributed by atoms with Crippen molar-refractivity contribution in [2.24, 2.45) is 23.2 Å². The predicted molar refractivity (Wildman–Crippen MR) is 127 cm³/mol.